The molecular weight excluding hydrogens is 238 g/mol. The average molecular weight is 263 g/mol. The van der Waals surface area contributed by atoms with Gasteiger partial charge in [0, 0.05) is 25.8 Å². The Morgan fingerprint density at radius 1 is 1.37 bits per heavy atom. The fourth-order valence-electron chi connectivity index (χ4n) is 1.84. The van der Waals surface area contributed by atoms with Crippen LogP contribution in [-0.2, 0) is 4.79 Å². The van der Waals surface area contributed by atoms with E-state index in [4.69, 9.17) is 5.73 Å². The van der Waals surface area contributed by atoms with E-state index in [0.29, 0.717) is 6.54 Å². The molecule has 1 atom stereocenters. The van der Waals surface area contributed by atoms with Crippen LogP contribution in [0, 0.1) is 0 Å². The van der Waals surface area contributed by atoms with Crippen LogP contribution in [0.5, 0.6) is 0 Å². The van der Waals surface area contributed by atoms with Gasteiger partial charge in [0.15, 0.2) is 0 Å². The van der Waals surface area contributed by atoms with Crippen molar-refractivity contribution in [1.82, 2.24) is 5.32 Å². The number of carbonyl (C=O) groups is 1. The number of para-hydroxylation sites is 1. The van der Waals surface area contributed by atoms with Gasteiger partial charge in [0.1, 0.15) is 0 Å². The zero-order valence-corrected chi connectivity index (χ0v) is 11.9. The van der Waals surface area contributed by atoms with E-state index in [1.807, 2.05) is 25.2 Å². The second-order valence-electron chi connectivity index (χ2n) is 4.80. The first-order valence-electron chi connectivity index (χ1n) is 6.94. The van der Waals surface area contributed by atoms with E-state index >= 15 is 0 Å². The number of nitrogens with zero attached hydrogens (tertiary/aromatic N) is 1. The lowest BCUT2D eigenvalue weighted by molar-refractivity contribution is -0.122. The fourth-order valence-corrected chi connectivity index (χ4v) is 1.84. The third kappa shape index (κ3) is 5.75. The smallest absolute Gasteiger partial charge is 0.236 e. The van der Waals surface area contributed by atoms with E-state index < -0.39 is 0 Å². The zero-order chi connectivity index (χ0) is 14.1. The SMILES string of the molecule is CCCCC(N)C(=O)NCCN(C)c1ccccc1. The van der Waals surface area contributed by atoms with Crippen LogP contribution in [0.15, 0.2) is 30.3 Å². The van der Waals surface area contributed by atoms with Gasteiger partial charge in [-0.05, 0) is 18.6 Å². The zero-order valence-electron chi connectivity index (χ0n) is 11.9. The van der Waals surface area contributed by atoms with Crippen molar-refractivity contribution in [3.8, 4) is 0 Å². The molecular formula is C15H25N3O. The maximum Gasteiger partial charge on any atom is 0.236 e. The fraction of sp³-hybridized carbons (Fsp3) is 0.533. The second-order valence-corrected chi connectivity index (χ2v) is 4.80. The molecule has 1 amide bonds. The Morgan fingerprint density at radius 3 is 2.68 bits per heavy atom. The molecule has 4 nitrogen and oxygen atoms in total. The van der Waals surface area contributed by atoms with Crippen LogP contribution in [0.25, 0.3) is 0 Å². The molecule has 3 N–H and O–H groups in total. The average Bonchev–Trinajstić information content (AvgIpc) is 2.45. The Morgan fingerprint density at radius 2 is 2.05 bits per heavy atom. The molecule has 4 heteroatoms. The third-order valence-corrected chi connectivity index (χ3v) is 3.15. The molecule has 1 rings (SSSR count). The summed E-state index contributed by atoms with van der Waals surface area (Å²) < 4.78 is 0. The molecule has 0 saturated heterocycles. The molecule has 0 aliphatic heterocycles. The largest absolute Gasteiger partial charge is 0.373 e. The Kier molecular flexibility index (Phi) is 6.97. The lowest BCUT2D eigenvalue weighted by Crippen LogP contribution is -2.43. The third-order valence-electron chi connectivity index (χ3n) is 3.15. The summed E-state index contributed by atoms with van der Waals surface area (Å²) in [4.78, 5) is 13.8. The van der Waals surface area contributed by atoms with E-state index in [-0.39, 0.29) is 11.9 Å². The van der Waals surface area contributed by atoms with Crippen molar-refractivity contribution >= 4 is 11.6 Å². The monoisotopic (exact) mass is 263 g/mol. The Labute approximate surface area is 116 Å². The highest BCUT2D eigenvalue weighted by Gasteiger charge is 2.11. The maximum absolute atomic E-state index is 11.7. The summed E-state index contributed by atoms with van der Waals surface area (Å²) in [5, 5.41) is 2.89. The van der Waals surface area contributed by atoms with Crippen molar-refractivity contribution in [3.05, 3.63) is 30.3 Å². The van der Waals surface area contributed by atoms with Gasteiger partial charge in [-0.25, -0.2) is 0 Å². The normalized spacial score (nSPS) is 11.9. The van der Waals surface area contributed by atoms with Crippen LogP contribution < -0.4 is 16.0 Å². The van der Waals surface area contributed by atoms with Crippen molar-refractivity contribution in [2.75, 3.05) is 25.0 Å². The van der Waals surface area contributed by atoms with Crippen LogP contribution in [0.3, 0.4) is 0 Å². The first-order chi connectivity index (χ1) is 9.15. The van der Waals surface area contributed by atoms with Crippen LogP contribution in [0.4, 0.5) is 5.69 Å². The molecule has 0 fully saturated rings. The molecule has 106 valence electrons. The highest BCUT2D eigenvalue weighted by Crippen LogP contribution is 2.09. The predicted molar refractivity (Wildman–Crippen MR) is 80.2 cm³/mol. The van der Waals surface area contributed by atoms with Gasteiger partial charge in [-0.1, -0.05) is 38.0 Å². The minimum atomic E-state index is -0.373. The van der Waals surface area contributed by atoms with Crippen molar-refractivity contribution < 1.29 is 4.79 Å². The van der Waals surface area contributed by atoms with Gasteiger partial charge in [-0.15, -0.1) is 0 Å². The Balaban J connectivity index is 2.24. The molecule has 0 aliphatic carbocycles. The lowest BCUT2D eigenvalue weighted by atomic mass is 10.1. The van der Waals surface area contributed by atoms with Crippen molar-refractivity contribution in [2.45, 2.75) is 32.2 Å². The van der Waals surface area contributed by atoms with E-state index in [1.165, 1.54) is 0 Å². The van der Waals surface area contributed by atoms with Gasteiger partial charge >= 0.3 is 0 Å². The number of rotatable bonds is 8. The molecule has 0 spiro atoms. The summed E-state index contributed by atoms with van der Waals surface area (Å²) in [5.74, 6) is -0.0464. The number of hydrogen-bond donors (Lipinski definition) is 2. The topological polar surface area (TPSA) is 58.4 Å². The number of benzene rings is 1. The first kappa shape index (κ1) is 15.5. The van der Waals surface area contributed by atoms with Gasteiger partial charge in [-0.2, -0.15) is 0 Å². The molecule has 0 aromatic heterocycles. The maximum atomic E-state index is 11.7. The van der Waals surface area contributed by atoms with Gasteiger partial charge in [0.25, 0.3) is 0 Å². The van der Waals surface area contributed by atoms with Gasteiger partial charge in [-0.3, -0.25) is 4.79 Å². The minimum absolute atomic E-state index is 0.0464. The summed E-state index contributed by atoms with van der Waals surface area (Å²) >= 11 is 0. The Bertz CT molecular complexity index is 367. The van der Waals surface area contributed by atoms with E-state index in [0.717, 1.165) is 31.5 Å². The van der Waals surface area contributed by atoms with Gasteiger partial charge in [0.05, 0.1) is 6.04 Å². The van der Waals surface area contributed by atoms with Gasteiger partial charge < -0.3 is 16.0 Å². The predicted octanol–water partition coefficient (Wildman–Crippen LogP) is 1.76. The van der Waals surface area contributed by atoms with Crippen LogP contribution in [-0.4, -0.2) is 32.1 Å². The number of likely N-dealkylation sites (N-methyl/N-ethyl adjacent to an activating group) is 1. The number of anilines is 1. The number of carbonyl (C=O) groups excluding carboxylic acids is 1. The number of nitrogens with two attached hydrogens (primary N) is 1. The minimum Gasteiger partial charge on any atom is -0.373 e. The number of nitrogens with one attached hydrogen (secondary N) is 1. The van der Waals surface area contributed by atoms with Crippen LogP contribution in [0.2, 0.25) is 0 Å². The van der Waals surface area contributed by atoms with Gasteiger partial charge in [0.2, 0.25) is 5.91 Å². The van der Waals surface area contributed by atoms with Crippen molar-refractivity contribution in [1.29, 1.82) is 0 Å². The first-order valence-corrected chi connectivity index (χ1v) is 6.94. The molecule has 0 bridgehead atoms. The number of unbranched alkanes of at least 4 members (excludes halogenated alkanes) is 1. The molecule has 0 aliphatic rings. The van der Waals surface area contributed by atoms with Crippen molar-refractivity contribution in [2.24, 2.45) is 5.73 Å². The number of hydrogen-bond acceptors (Lipinski definition) is 3. The quantitative estimate of drug-likeness (QED) is 0.751. The molecule has 1 aromatic carbocycles. The molecule has 1 aromatic rings. The summed E-state index contributed by atoms with van der Waals surface area (Å²) in [5.41, 5.74) is 6.95. The standard InChI is InChI=1S/C15H25N3O/c1-3-4-10-14(16)15(19)17-11-12-18(2)13-8-6-5-7-9-13/h5-9,14H,3-4,10-12,16H2,1-2H3,(H,17,19). The van der Waals surface area contributed by atoms with Crippen LogP contribution in [0.1, 0.15) is 26.2 Å². The highest BCUT2D eigenvalue weighted by molar-refractivity contribution is 5.81. The molecule has 1 unspecified atom stereocenters. The molecule has 19 heavy (non-hydrogen) atoms. The lowest BCUT2D eigenvalue weighted by Gasteiger charge is -2.20. The summed E-state index contributed by atoms with van der Waals surface area (Å²) in [6, 6.07) is 9.73. The summed E-state index contributed by atoms with van der Waals surface area (Å²) in [6.07, 6.45) is 2.83. The summed E-state index contributed by atoms with van der Waals surface area (Å²) in [6.45, 7) is 3.49. The summed E-state index contributed by atoms with van der Waals surface area (Å²) in [7, 11) is 2.01. The molecule has 0 saturated carbocycles. The molecule has 0 heterocycles. The second kappa shape index (κ2) is 8.53. The number of amides is 1. The van der Waals surface area contributed by atoms with E-state index in [2.05, 4.69) is 29.3 Å². The highest BCUT2D eigenvalue weighted by atomic mass is 16.2. The van der Waals surface area contributed by atoms with E-state index in [1.54, 1.807) is 0 Å². The molecule has 0 radical (unpaired) electrons. The van der Waals surface area contributed by atoms with E-state index in [9.17, 15) is 4.79 Å². The van der Waals surface area contributed by atoms with Crippen LogP contribution >= 0.6 is 0 Å². The Hall–Kier alpha value is -1.55. The van der Waals surface area contributed by atoms with Crippen molar-refractivity contribution in [3.63, 3.8) is 0 Å².